The molecule has 2 aromatic carbocycles. The predicted octanol–water partition coefficient (Wildman–Crippen LogP) is 3.79. The van der Waals surface area contributed by atoms with E-state index in [0.29, 0.717) is 0 Å². The lowest BCUT2D eigenvalue weighted by molar-refractivity contribution is 0.407. The van der Waals surface area contributed by atoms with E-state index in [-0.39, 0.29) is 6.04 Å². The van der Waals surface area contributed by atoms with Gasteiger partial charge in [0.25, 0.3) is 0 Å². The van der Waals surface area contributed by atoms with E-state index in [1.807, 2.05) is 19.1 Å². The molecule has 20 heavy (non-hydrogen) atoms. The van der Waals surface area contributed by atoms with E-state index in [4.69, 9.17) is 10.5 Å². The Morgan fingerprint density at radius 2 is 1.85 bits per heavy atom. The van der Waals surface area contributed by atoms with Crippen molar-refractivity contribution in [1.29, 1.82) is 0 Å². The van der Waals surface area contributed by atoms with Crippen molar-refractivity contribution in [3.8, 4) is 5.75 Å². The maximum atomic E-state index is 6.13. The minimum absolute atomic E-state index is 0.0894. The largest absolute Gasteiger partial charge is 0.496 e. The fourth-order valence-electron chi connectivity index (χ4n) is 2.44. The number of aryl methyl sites for hydroxylation is 1. The first-order valence-corrected chi connectivity index (χ1v) is 6.77. The summed E-state index contributed by atoms with van der Waals surface area (Å²) in [6.45, 7) is 4.07. The van der Waals surface area contributed by atoms with E-state index in [9.17, 15) is 0 Å². The molecular formula is C17H22N2O. The van der Waals surface area contributed by atoms with E-state index >= 15 is 0 Å². The number of nitrogens with two attached hydrogens (primary N) is 1. The molecule has 0 spiro atoms. The van der Waals surface area contributed by atoms with E-state index in [1.54, 1.807) is 7.11 Å². The monoisotopic (exact) mass is 270 g/mol. The summed E-state index contributed by atoms with van der Waals surface area (Å²) in [7, 11) is 3.73. The molecule has 0 aliphatic heterocycles. The number of rotatable bonds is 4. The summed E-state index contributed by atoms with van der Waals surface area (Å²) >= 11 is 0. The van der Waals surface area contributed by atoms with Crippen molar-refractivity contribution < 1.29 is 4.74 Å². The quantitative estimate of drug-likeness (QED) is 0.918. The van der Waals surface area contributed by atoms with Crippen molar-refractivity contribution in [3.63, 3.8) is 0 Å². The van der Waals surface area contributed by atoms with Crippen LogP contribution in [-0.4, -0.2) is 14.2 Å². The molecule has 0 bridgehead atoms. The van der Waals surface area contributed by atoms with Gasteiger partial charge in [-0.1, -0.05) is 18.2 Å². The first-order chi connectivity index (χ1) is 9.54. The summed E-state index contributed by atoms with van der Waals surface area (Å²) in [5.41, 5.74) is 10.6. The first-order valence-electron chi connectivity index (χ1n) is 6.77. The van der Waals surface area contributed by atoms with Crippen LogP contribution >= 0.6 is 0 Å². The van der Waals surface area contributed by atoms with Crippen LogP contribution in [0.1, 0.15) is 24.1 Å². The third-order valence-electron chi connectivity index (χ3n) is 3.47. The molecule has 0 fully saturated rings. The van der Waals surface area contributed by atoms with Gasteiger partial charge in [0.15, 0.2) is 0 Å². The van der Waals surface area contributed by atoms with Crippen LogP contribution in [0.4, 0.5) is 11.4 Å². The maximum absolute atomic E-state index is 6.13. The van der Waals surface area contributed by atoms with E-state index in [0.717, 1.165) is 22.7 Å². The van der Waals surface area contributed by atoms with E-state index < -0.39 is 0 Å². The highest BCUT2D eigenvalue weighted by Gasteiger charge is 2.16. The number of methoxy groups -OCH3 is 1. The van der Waals surface area contributed by atoms with Crippen molar-refractivity contribution in [2.24, 2.45) is 5.73 Å². The lowest BCUT2D eigenvalue weighted by atomic mass is 10.0. The van der Waals surface area contributed by atoms with Crippen LogP contribution in [0.3, 0.4) is 0 Å². The van der Waals surface area contributed by atoms with Crippen LogP contribution in [0, 0.1) is 6.92 Å². The molecule has 0 aromatic heterocycles. The molecule has 0 heterocycles. The Kier molecular flexibility index (Phi) is 4.30. The van der Waals surface area contributed by atoms with Crippen LogP contribution in [0.15, 0.2) is 42.5 Å². The van der Waals surface area contributed by atoms with Crippen LogP contribution in [0.25, 0.3) is 0 Å². The Balaban J connectivity index is 2.52. The predicted molar refractivity (Wildman–Crippen MR) is 84.8 cm³/mol. The zero-order valence-corrected chi connectivity index (χ0v) is 12.6. The molecular weight excluding hydrogens is 248 g/mol. The molecule has 2 aromatic rings. The van der Waals surface area contributed by atoms with Gasteiger partial charge in [-0.25, -0.2) is 0 Å². The van der Waals surface area contributed by atoms with Crippen molar-refractivity contribution in [1.82, 2.24) is 0 Å². The molecule has 0 radical (unpaired) electrons. The average molecular weight is 270 g/mol. The third-order valence-corrected chi connectivity index (χ3v) is 3.47. The molecule has 1 atom stereocenters. The van der Waals surface area contributed by atoms with Gasteiger partial charge in [-0.2, -0.15) is 0 Å². The van der Waals surface area contributed by atoms with Gasteiger partial charge in [0.2, 0.25) is 0 Å². The van der Waals surface area contributed by atoms with E-state index in [1.165, 1.54) is 5.56 Å². The third kappa shape index (κ3) is 2.78. The zero-order chi connectivity index (χ0) is 14.7. The van der Waals surface area contributed by atoms with Gasteiger partial charge in [0.1, 0.15) is 5.75 Å². The topological polar surface area (TPSA) is 38.5 Å². The molecule has 3 heteroatoms. The molecule has 106 valence electrons. The number of hydrogen-bond acceptors (Lipinski definition) is 3. The number of anilines is 2. The van der Waals surface area contributed by atoms with Crippen LogP contribution < -0.4 is 15.4 Å². The molecule has 0 aliphatic rings. The maximum Gasteiger partial charge on any atom is 0.125 e. The zero-order valence-electron chi connectivity index (χ0n) is 12.6. The van der Waals surface area contributed by atoms with Crippen molar-refractivity contribution in [2.75, 3.05) is 19.1 Å². The highest BCUT2D eigenvalue weighted by molar-refractivity contribution is 5.69. The van der Waals surface area contributed by atoms with Crippen LogP contribution in [0.2, 0.25) is 0 Å². The fraction of sp³-hybridized carbons (Fsp3) is 0.294. The van der Waals surface area contributed by atoms with Gasteiger partial charge in [0, 0.05) is 30.0 Å². The van der Waals surface area contributed by atoms with Crippen molar-refractivity contribution in [3.05, 3.63) is 53.6 Å². The van der Waals surface area contributed by atoms with Gasteiger partial charge in [0.05, 0.1) is 7.11 Å². The summed E-state index contributed by atoms with van der Waals surface area (Å²) in [5, 5.41) is 0. The SMILES string of the molecule is COc1cccc(N(C)c2cccc(C)c2)c1C(C)N. The molecule has 0 amide bonds. The molecule has 1 unspecified atom stereocenters. The summed E-state index contributed by atoms with van der Waals surface area (Å²) in [6.07, 6.45) is 0. The van der Waals surface area contributed by atoms with Gasteiger partial charge in [-0.05, 0) is 43.7 Å². The average Bonchev–Trinajstić information content (AvgIpc) is 2.45. The summed E-state index contributed by atoms with van der Waals surface area (Å²) in [5.74, 6) is 0.831. The number of benzene rings is 2. The molecule has 0 saturated heterocycles. The summed E-state index contributed by atoms with van der Waals surface area (Å²) in [6, 6.07) is 14.3. The first kappa shape index (κ1) is 14.4. The van der Waals surface area contributed by atoms with Crippen LogP contribution in [-0.2, 0) is 0 Å². The molecule has 0 aliphatic carbocycles. The van der Waals surface area contributed by atoms with Gasteiger partial charge >= 0.3 is 0 Å². The van der Waals surface area contributed by atoms with Crippen LogP contribution in [0.5, 0.6) is 5.75 Å². The molecule has 2 N–H and O–H groups in total. The van der Waals surface area contributed by atoms with Gasteiger partial charge < -0.3 is 15.4 Å². The Morgan fingerprint density at radius 3 is 2.45 bits per heavy atom. The highest BCUT2D eigenvalue weighted by Crippen LogP contribution is 2.36. The van der Waals surface area contributed by atoms with Gasteiger partial charge in [-0.3, -0.25) is 0 Å². The lowest BCUT2D eigenvalue weighted by Gasteiger charge is -2.25. The lowest BCUT2D eigenvalue weighted by Crippen LogP contribution is -2.16. The second-order valence-corrected chi connectivity index (χ2v) is 5.08. The van der Waals surface area contributed by atoms with Crippen molar-refractivity contribution in [2.45, 2.75) is 19.9 Å². The number of ether oxygens (including phenoxy) is 1. The van der Waals surface area contributed by atoms with Gasteiger partial charge in [-0.15, -0.1) is 0 Å². The Labute approximate surface area is 121 Å². The minimum Gasteiger partial charge on any atom is -0.496 e. The Hall–Kier alpha value is -2.00. The standard InChI is InChI=1S/C17H22N2O/c1-12-7-5-8-14(11-12)19(3)15-9-6-10-16(20-4)17(15)13(2)18/h5-11,13H,18H2,1-4H3. The fourth-order valence-corrected chi connectivity index (χ4v) is 2.44. The highest BCUT2D eigenvalue weighted by atomic mass is 16.5. The van der Waals surface area contributed by atoms with Crippen molar-refractivity contribution >= 4 is 11.4 Å². The molecule has 2 rings (SSSR count). The smallest absolute Gasteiger partial charge is 0.125 e. The summed E-state index contributed by atoms with van der Waals surface area (Å²) in [4.78, 5) is 2.15. The second kappa shape index (κ2) is 5.97. The molecule has 3 nitrogen and oxygen atoms in total. The second-order valence-electron chi connectivity index (χ2n) is 5.08. The Morgan fingerprint density at radius 1 is 1.15 bits per heavy atom. The number of hydrogen-bond donors (Lipinski definition) is 1. The van der Waals surface area contributed by atoms with E-state index in [2.05, 4.69) is 49.2 Å². The number of nitrogens with zero attached hydrogens (tertiary/aromatic N) is 1. The molecule has 0 saturated carbocycles. The Bertz CT molecular complexity index is 593. The summed E-state index contributed by atoms with van der Waals surface area (Å²) < 4.78 is 5.45. The minimum atomic E-state index is -0.0894. The normalized spacial score (nSPS) is 12.1.